The van der Waals surface area contributed by atoms with E-state index in [4.69, 9.17) is 4.74 Å². The fraction of sp³-hybridized carbons (Fsp3) is 0.909. The maximum absolute atomic E-state index is 5.54. The van der Waals surface area contributed by atoms with E-state index in [1.807, 2.05) is 0 Å². The highest BCUT2D eigenvalue weighted by Crippen LogP contribution is 2.18. The van der Waals surface area contributed by atoms with Crippen LogP contribution < -0.4 is 10.6 Å². The summed E-state index contributed by atoms with van der Waals surface area (Å²) >= 11 is 0. The topological polar surface area (TPSA) is 45.7 Å². The predicted octanol–water partition coefficient (Wildman–Crippen LogP) is 1.50. The lowest BCUT2D eigenvalue weighted by molar-refractivity contribution is 0.117. The van der Waals surface area contributed by atoms with Gasteiger partial charge in [0.2, 0.25) is 0 Å². The van der Waals surface area contributed by atoms with Gasteiger partial charge in [-0.2, -0.15) is 0 Å². The summed E-state index contributed by atoms with van der Waals surface area (Å²) < 4.78 is 5.54. The molecule has 2 fully saturated rings. The number of guanidine groups is 1. The SMILES string of the molecule is CCNC(=NCC1CCCO1)NC1CC1.I. The van der Waals surface area contributed by atoms with E-state index in [9.17, 15) is 0 Å². The Morgan fingerprint density at radius 1 is 1.38 bits per heavy atom. The molecule has 0 aromatic carbocycles. The summed E-state index contributed by atoms with van der Waals surface area (Å²) in [5, 5.41) is 6.66. The van der Waals surface area contributed by atoms with Crippen LogP contribution >= 0.6 is 24.0 Å². The van der Waals surface area contributed by atoms with Crippen LogP contribution in [-0.4, -0.2) is 37.8 Å². The highest BCUT2D eigenvalue weighted by atomic mass is 127. The fourth-order valence-electron chi connectivity index (χ4n) is 1.72. The van der Waals surface area contributed by atoms with Crippen molar-refractivity contribution >= 4 is 29.9 Å². The first kappa shape index (κ1) is 14.0. The molecule has 1 aliphatic carbocycles. The zero-order valence-corrected chi connectivity index (χ0v) is 12.2. The molecule has 1 saturated heterocycles. The lowest BCUT2D eigenvalue weighted by atomic mass is 10.2. The predicted molar refractivity (Wildman–Crippen MR) is 76.5 cm³/mol. The molecule has 1 saturated carbocycles. The summed E-state index contributed by atoms with van der Waals surface area (Å²) in [4.78, 5) is 4.55. The Balaban J connectivity index is 0.00000128. The van der Waals surface area contributed by atoms with E-state index in [-0.39, 0.29) is 24.0 Å². The van der Waals surface area contributed by atoms with Crippen LogP contribution in [0.2, 0.25) is 0 Å². The third-order valence-electron chi connectivity index (χ3n) is 2.74. The minimum absolute atomic E-state index is 0. The molecule has 4 nitrogen and oxygen atoms in total. The van der Waals surface area contributed by atoms with Gasteiger partial charge in [-0.3, -0.25) is 4.99 Å². The van der Waals surface area contributed by atoms with Gasteiger partial charge in [-0.25, -0.2) is 0 Å². The molecule has 5 heteroatoms. The van der Waals surface area contributed by atoms with E-state index in [2.05, 4.69) is 22.5 Å². The van der Waals surface area contributed by atoms with Gasteiger partial charge in [-0.15, -0.1) is 24.0 Å². The summed E-state index contributed by atoms with van der Waals surface area (Å²) in [6, 6.07) is 0.660. The van der Waals surface area contributed by atoms with Crippen LogP contribution in [-0.2, 0) is 4.74 Å². The minimum atomic E-state index is 0. The Bertz CT molecular complexity index is 225. The first-order valence-corrected chi connectivity index (χ1v) is 6.05. The molecule has 2 rings (SSSR count). The molecule has 0 aromatic heterocycles. The van der Waals surface area contributed by atoms with Crippen molar-refractivity contribution in [2.45, 2.75) is 44.8 Å². The molecule has 94 valence electrons. The van der Waals surface area contributed by atoms with Crippen molar-refractivity contribution in [3.05, 3.63) is 0 Å². The maximum Gasteiger partial charge on any atom is 0.191 e. The quantitative estimate of drug-likeness (QED) is 0.464. The van der Waals surface area contributed by atoms with E-state index in [0.717, 1.165) is 32.1 Å². The molecule has 0 radical (unpaired) electrons. The van der Waals surface area contributed by atoms with Crippen molar-refractivity contribution in [2.24, 2.45) is 4.99 Å². The second-order valence-electron chi connectivity index (χ2n) is 4.27. The van der Waals surface area contributed by atoms with Crippen LogP contribution in [0.25, 0.3) is 0 Å². The van der Waals surface area contributed by atoms with Gasteiger partial charge < -0.3 is 15.4 Å². The fourth-order valence-corrected chi connectivity index (χ4v) is 1.72. The highest BCUT2D eigenvalue weighted by Gasteiger charge is 2.22. The second kappa shape index (κ2) is 7.32. The Kier molecular flexibility index (Phi) is 6.41. The van der Waals surface area contributed by atoms with E-state index in [0.29, 0.717) is 12.1 Å². The molecular formula is C11H22IN3O. The van der Waals surface area contributed by atoms with Gasteiger partial charge in [-0.1, -0.05) is 0 Å². The third kappa shape index (κ3) is 4.86. The molecule has 1 atom stereocenters. The molecule has 0 spiro atoms. The number of aliphatic imine (C=N–C) groups is 1. The van der Waals surface area contributed by atoms with Crippen molar-refractivity contribution < 1.29 is 4.74 Å². The lowest BCUT2D eigenvalue weighted by Crippen LogP contribution is -2.39. The highest BCUT2D eigenvalue weighted by molar-refractivity contribution is 14.0. The first-order chi connectivity index (χ1) is 7.38. The van der Waals surface area contributed by atoms with Gasteiger partial charge in [-0.05, 0) is 32.6 Å². The number of rotatable bonds is 4. The summed E-state index contributed by atoms with van der Waals surface area (Å²) in [5.41, 5.74) is 0. The molecule has 0 amide bonds. The number of hydrogen-bond donors (Lipinski definition) is 2. The molecule has 2 aliphatic rings. The number of hydrogen-bond acceptors (Lipinski definition) is 2. The lowest BCUT2D eigenvalue weighted by Gasteiger charge is -2.11. The van der Waals surface area contributed by atoms with Crippen LogP contribution in [0.15, 0.2) is 4.99 Å². The molecule has 1 aliphatic heterocycles. The van der Waals surface area contributed by atoms with Gasteiger partial charge >= 0.3 is 0 Å². The molecule has 0 aromatic rings. The zero-order chi connectivity index (χ0) is 10.5. The van der Waals surface area contributed by atoms with Crippen molar-refractivity contribution in [3.8, 4) is 0 Å². The molecule has 16 heavy (non-hydrogen) atoms. The van der Waals surface area contributed by atoms with Crippen molar-refractivity contribution in [2.75, 3.05) is 19.7 Å². The number of ether oxygens (including phenoxy) is 1. The summed E-state index contributed by atoms with van der Waals surface area (Å²) in [5.74, 6) is 0.954. The maximum atomic E-state index is 5.54. The first-order valence-electron chi connectivity index (χ1n) is 6.05. The normalized spacial score (nSPS) is 25.1. The Morgan fingerprint density at radius 3 is 2.75 bits per heavy atom. The molecule has 0 bridgehead atoms. The average Bonchev–Trinajstić information content (AvgIpc) is 2.90. The van der Waals surface area contributed by atoms with Crippen LogP contribution in [0, 0.1) is 0 Å². The van der Waals surface area contributed by atoms with Crippen molar-refractivity contribution in [3.63, 3.8) is 0 Å². The largest absolute Gasteiger partial charge is 0.376 e. The smallest absolute Gasteiger partial charge is 0.191 e. The van der Waals surface area contributed by atoms with Gasteiger partial charge in [0.15, 0.2) is 5.96 Å². The standard InChI is InChI=1S/C11H21N3O.HI/c1-2-12-11(14-9-5-6-9)13-8-10-4-3-7-15-10;/h9-10H,2-8H2,1H3,(H2,12,13,14);1H. The summed E-state index contributed by atoms with van der Waals surface area (Å²) in [6.45, 7) is 4.72. The van der Waals surface area contributed by atoms with Crippen LogP contribution in [0.4, 0.5) is 0 Å². The van der Waals surface area contributed by atoms with Gasteiger partial charge in [0.1, 0.15) is 0 Å². The van der Waals surface area contributed by atoms with Gasteiger partial charge in [0, 0.05) is 19.2 Å². The Hall–Kier alpha value is -0.0400. The number of nitrogens with zero attached hydrogens (tertiary/aromatic N) is 1. The third-order valence-corrected chi connectivity index (χ3v) is 2.74. The molecule has 2 N–H and O–H groups in total. The number of nitrogens with one attached hydrogen (secondary N) is 2. The Labute approximate surface area is 115 Å². The van der Waals surface area contributed by atoms with E-state index < -0.39 is 0 Å². The number of halogens is 1. The minimum Gasteiger partial charge on any atom is -0.376 e. The van der Waals surface area contributed by atoms with Crippen LogP contribution in [0.5, 0.6) is 0 Å². The van der Waals surface area contributed by atoms with E-state index in [1.54, 1.807) is 0 Å². The van der Waals surface area contributed by atoms with Gasteiger partial charge in [0.05, 0.1) is 12.6 Å². The van der Waals surface area contributed by atoms with Crippen LogP contribution in [0.1, 0.15) is 32.6 Å². The summed E-state index contributed by atoms with van der Waals surface area (Å²) in [7, 11) is 0. The van der Waals surface area contributed by atoms with Crippen molar-refractivity contribution in [1.82, 2.24) is 10.6 Å². The zero-order valence-electron chi connectivity index (χ0n) is 9.87. The van der Waals surface area contributed by atoms with Gasteiger partial charge in [0.25, 0.3) is 0 Å². The van der Waals surface area contributed by atoms with Crippen LogP contribution in [0.3, 0.4) is 0 Å². The van der Waals surface area contributed by atoms with E-state index >= 15 is 0 Å². The van der Waals surface area contributed by atoms with E-state index in [1.165, 1.54) is 19.3 Å². The summed E-state index contributed by atoms with van der Waals surface area (Å²) in [6.07, 6.45) is 5.26. The Morgan fingerprint density at radius 2 is 2.19 bits per heavy atom. The molecular weight excluding hydrogens is 317 g/mol. The monoisotopic (exact) mass is 339 g/mol. The molecule has 1 unspecified atom stereocenters. The molecule has 1 heterocycles. The second-order valence-corrected chi connectivity index (χ2v) is 4.27. The van der Waals surface area contributed by atoms with Crippen molar-refractivity contribution in [1.29, 1.82) is 0 Å². The average molecular weight is 339 g/mol.